The van der Waals surface area contributed by atoms with Crippen molar-refractivity contribution < 1.29 is 10.2 Å². The maximum atomic E-state index is 11.5. The van der Waals surface area contributed by atoms with E-state index in [4.69, 9.17) is 5.11 Å². The molecule has 2 rings (SSSR count). The second kappa shape index (κ2) is 4.77. The van der Waals surface area contributed by atoms with Crippen LogP contribution < -0.4 is 5.56 Å². The Bertz CT molecular complexity index is 589. The van der Waals surface area contributed by atoms with Gasteiger partial charge in [0, 0.05) is 17.5 Å². The minimum Gasteiger partial charge on any atom is -0.493 e. The number of aliphatic hydroxyl groups excluding tert-OH is 1. The monoisotopic (exact) mass is 298 g/mol. The summed E-state index contributed by atoms with van der Waals surface area (Å²) in [5.41, 5.74) is 0.433. The number of aromatic hydroxyl groups is 1. The van der Waals surface area contributed by atoms with Gasteiger partial charge in [-0.25, -0.2) is 4.68 Å². The van der Waals surface area contributed by atoms with Crippen molar-refractivity contribution in [2.24, 2.45) is 0 Å². The van der Waals surface area contributed by atoms with Gasteiger partial charge in [0.05, 0.1) is 11.3 Å². The highest BCUT2D eigenvalue weighted by Crippen LogP contribution is 2.21. The van der Waals surface area contributed by atoms with Crippen LogP contribution in [-0.2, 0) is 6.42 Å². The van der Waals surface area contributed by atoms with Crippen molar-refractivity contribution in [2.75, 3.05) is 6.61 Å². The van der Waals surface area contributed by atoms with Gasteiger partial charge >= 0.3 is 0 Å². The maximum absolute atomic E-state index is 11.5. The van der Waals surface area contributed by atoms with Gasteiger partial charge in [-0.3, -0.25) is 9.89 Å². The minimum atomic E-state index is -0.392. The lowest BCUT2D eigenvalue weighted by molar-refractivity contribution is 0.296. The molecule has 1 aromatic carbocycles. The number of H-pyrrole nitrogens is 1. The van der Waals surface area contributed by atoms with Crippen LogP contribution in [0.5, 0.6) is 5.88 Å². The fourth-order valence-corrected chi connectivity index (χ4v) is 1.98. The average Bonchev–Trinajstić information content (AvgIpc) is 2.57. The van der Waals surface area contributed by atoms with E-state index in [-0.39, 0.29) is 24.5 Å². The fourth-order valence-electron chi connectivity index (χ4n) is 1.60. The number of halogens is 1. The lowest BCUT2D eigenvalue weighted by Crippen LogP contribution is -2.08. The molecule has 0 spiro atoms. The third-order valence-electron chi connectivity index (χ3n) is 2.40. The van der Waals surface area contributed by atoms with Gasteiger partial charge in [-0.05, 0) is 18.2 Å². The summed E-state index contributed by atoms with van der Waals surface area (Å²) < 4.78 is 2.13. The van der Waals surface area contributed by atoms with E-state index in [2.05, 4.69) is 21.0 Å². The number of rotatable bonds is 3. The summed E-state index contributed by atoms with van der Waals surface area (Å²) in [7, 11) is 0. The first-order valence-electron chi connectivity index (χ1n) is 5.03. The van der Waals surface area contributed by atoms with E-state index >= 15 is 0 Å². The Balaban J connectivity index is 2.54. The number of aromatic nitrogens is 2. The second-order valence-electron chi connectivity index (χ2n) is 3.53. The quantitative estimate of drug-likeness (QED) is 0.796. The molecule has 0 unspecified atom stereocenters. The van der Waals surface area contributed by atoms with Crippen LogP contribution in [0.25, 0.3) is 5.69 Å². The van der Waals surface area contributed by atoms with Crippen LogP contribution >= 0.6 is 15.9 Å². The molecule has 0 atom stereocenters. The maximum Gasteiger partial charge on any atom is 0.271 e. The molecule has 90 valence electrons. The minimum absolute atomic E-state index is 0.127. The molecule has 1 aromatic heterocycles. The zero-order chi connectivity index (χ0) is 12.4. The number of nitrogens with one attached hydrogen (secondary N) is 1. The summed E-state index contributed by atoms with van der Waals surface area (Å²) in [6, 6.07) is 7.15. The SMILES string of the molecule is O=c1[nH]n(-c2cccc(Br)c2)c(O)c1CCO. The van der Waals surface area contributed by atoms with Crippen LogP contribution in [0.15, 0.2) is 33.5 Å². The highest BCUT2D eigenvalue weighted by molar-refractivity contribution is 9.10. The third kappa shape index (κ3) is 2.27. The Hall–Kier alpha value is -1.53. The van der Waals surface area contributed by atoms with E-state index in [1.54, 1.807) is 18.2 Å². The highest BCUT2D eigenvalue weighted by atomic mass is 79.9. The molecule has 0 saturated carbocycles. The molecule has 0 aliphatic heterocycles. The van der Waals surface area contributed by atoms with Gasteiger partial charge in [-0.1, -0.05) is 22.0 Å². The van der Waals surface area contributed by atoms with Crippen LogP contribution in [0.4, 0.5) is 0 Å². The van der Waals surface area contributed by atoms with E-state index in [1.165, 1.54) is 4.68 Å². The zero-order valence-electron chi connectivity index (χ0n) is 8.85. The van der Waals surface area contributed by atoms with Gasteiger partial charge in [0.15, 0.2) is 0 Å². The molecule has 0 radical (unpaired) electrons. The zero-order valence-corrected chi connectivity index (χ0v) is 10.4. The normalized spacial score (nSPS) is 10.7. The Morgan fingerprint density at radius 1 is 1.41 bits per heavy atom. The standard InChI is InChI=1S/C11H11BrN2O3/c12-7-2-1-3-8(6-7)14-11(17)9(4-5-15)10(16)13-14/h1-3,6,15,17H,4-5H2,(H,13,16). The number of aromatic amines is 1. The molecule has 17 heavy (non-hydrogen) atoms. The smallest absolute Gasteiger partial charge is 0.271 e. The molecule has 0 aliphatic carbocycles. The first-order chi connectivity index (χ1) is 8.13. The van der Waals surface area contributed by atoms with Crippen molar-refractivity contribution in [1.29, 1.82) is 0 Å². The lowest BCUT2D eigenvalue weighted by Gasteiger charge is -2.04. The number of aliphatic hydroxyl groups is 1. The molecule has 2 aromatic rings. The summed E-state index contributed by atoms with van der Waals surface area (Å²) in [6.07, 6.45) is 0.127. The summed E-state index contributed by atoms with van der Waals surface area (Å²) in [5, 5.41) is 21.2. The van der Waals surface area contributed by atoms with Gasteiger partial charge in [0.2, 0.25) is 5.88 Å². The summed E-state index contributed by atoms with van der Waals surface area (Å²) in [4.78, 5) is 11.5. The second-order valence-corrected chi connectivity index (χ2v) is 4.45. The van der Waals surface area contributed by atoms with Crippen molar-refractivity contribution >= 4 is 15.9 Å². The Kier molecular flexibility index (Phi) is 3.35. The van der Waals surface area contributed by atoms with Gasteiger partial charge in [0.1, 0.15) is 0 Å². The number of benzene rings is 1. The lowest BCUT2D eigenvalue weighted by atomic mass is 10.2. The van der Waals surface area contributed by atoms with Crippen molar-refractivity contribution in [3.05, 3.63) is 44.7 Å². The van der Waals surface area contributed by atoms with Crippen molar-refractivity contribution in [1.82, 2.24) is 9.78 Å². The van der Waals surface area contributed by atoms with Crippen molar-refractivity contribution in [3.8, 4) is 11.6 Å². The van der Waals surface area contributed by atoms with Crippen molar-refractivity contribution in [2.45, 2.75) is 6.42 Å². The molecular weight excluding hydrogens is 288 g/mol. The molecule has 0 bridgehead atoms. The molecule has 0 fully saturated rings. The van der Waals surface area contributed by atoms with E-state index in [0.717, 1.165) is 4.47 Å². The van der Waals surface area contributed by atoms with Crippen LogP contribution in [0, 0.1) is 0 Å². The van der Waals surface area contributed by atoms with E-state index < -0.39 is 5.56 Å². The van der Waals surface area contributed by atoms with Crippen molar-refractivity contribution in [3.63, 3.8) is 0 Å². The molecule has 0 amide bonds. The first kappa shape index (κ1) is 11.9. The van der Waals surface area contributed by atoms with Gasteiger partial charge in [-0.2, -0.15) is 0 Å². The molecule has 1 heterocycles. The summed E-state index contributed by atoms with van der Waals surface area (Å²) in [5.74, 6) is -0.165. The van der Waals surface area contributed by atoms with E-state index in [0.29, 0.717) is 5.69 Å². The fraction of sp³-hybridized carbons (Fsp3) is 0.182. The number of hydrogen-bond acceptors (Lipinski definition) is 3. The number of nitrogens with zero attached hydrogens (tertiary/aromatic N) is 1. The average molecular weight is 299 g/mol. The third-order valence-corrected chi connectivity index (χ3v) is 2.89. The van der Waals surface area contributed by atoms with Crippen LogP contribution in [0.2, 0.25) is 0 Å². The van der Waals surface area contributed by atoms with Gasteiger partial charge in [0.25, 0.3) is 5.56 Å². The topological polar surface area (TPSA) is 78.2 Å². The predicted octanol–water partition coefficient (Wildman–Crippen LogP) is 1.17. The predicted molar refractivity (Wildman–Crippen MR) is 66.5 cm³/mol. The first-order valence-corrected chi connectivity index (χ1v) is 5.82. The van der Waals surface area contributed by atoms with Crippen LogP contribution in [0.1, 0.15) is 5.56 Å². The number of hydrogen-bond donors (Lipinski definition) is 3. The van der Waals surface area contributed by atoms with Gasteiger partial charge in [-0.15, -0.1) is 0 Å². The molecule has 0 aliphatic rings. The van der Waals surface area contributed by atoms with Gasteiger partial charge < -0.3 is 10.2 Å². The largest absolute Gasteiger partial charge is 0.493 e. The molecule has 3 N–H and O–H groups in total. The van der Waals surface area contributed by atoms with E-state index in [1.807, 2.05) is 6.07 Å². The molecular formula is C11H11BrN2O3. The van der Waals surface area contributed by atoms with E-state index in [9.17, 15) is 9.90 Å². The Labute approximate surface area is 105 Å². The highest BCUT2D eigenvalue weighted by Gasteiger charge is 2.14. The summed E-state index contributed by atoms with van der Waals surface area (Å²) in [6.45, 7) is -0.181. The molecule has 5 nitrogen and oxygen atoms in total. The molecule has 0 saturated heterocycles. The molecule has 6 heteroatoms. The van der Waals surface area contributed by atoms with Crippen LogP contribution in [-0.4, -0.2) is 26.6 Å². The Morgan fingerprint density at radius 3 is 2.82 bits per heavy atom. The summed E-state index contributed by atoms with van der Waals surface area (Å²) >= 11 is 3.31. The Morgan fingerprint density at radius 2 is 2.18 bits per heavy atom. The van der Waals surface area contributed by atoms with Crippen LogP contribution in [0.3, 0.4) is 0 Å².